The summed E-state index contributed by atoms with van der Waals surface area (Å²) in [6.07, 6.45) is 19.1. The maximum absolute atomic E-state index is 5.61. The van der Waals surface area contributed by atoms with Gasteiger partial charge in [-0.25, -0.2) is 0 Å². The maximum Gasteiger partial charge on any atom is 0.233 e. The molecule has 176 valence electrons. The quantitative estimate of drug-likeness (QED) is 0.279. The first-order valence-corrected chi connectivity index (χ1v) is 13.3. The Morgan fingerprint density at radius 1 is 0.719 bits per heavy atom. The molecule has 3 rings (SSSR count). The minimum absolute atomic E-state index is 0.616. The van der Waals surface area contributed by atoms with E-state index >= 15 is 0 Å². The van der Waals surface area contributed by atoms with Crippen LogP contribution in [0.3, 0.4) is 0 Å². The van der Waals surface area contributed by atoms with E-state index in [1.54, 1.807) is 0 Å². The van der Waals surface area contributed by atoms with E-state index < -0.39 is 0 Å². The van der Waals surface area contributed by atoms with Crippen molar-refractivity contribution in [2.24, 2.45) is 11.8 Å². The first-order valence-electron chi connectivity index (χ1n) is 13.3. The molecule has 0 spiro atoms. The van der Waals surface area contributed by atoms with Crippen molar-refractivity contribution in [3.8, 4) is 17.1 Å². The Kier molecular flexibility index (Phi) is 11.0. The number of aryl methyl sites for hydroxylation is 1. The summed E-state index contributed by atoms with van der Waals surface area (Å²) in [7, 11) is 0. The molecule has 2 aromatic rings. The van der Waals surface area contributed by atoms with Gasteiger partial charge in [-0.15, -0.1) is 10.2 Å². The summed E-state index contributed by atoms with van der Waals surface area (Å²) in [6.45, 7) is 5.16. The van der Waals surface area contributed by atoms with E-state index in [0.29, 0.717) is 12.5 Å². The minimum atomic E-state index is 0.616. The van der Waals surface area contributed by atoms with Crippen LogP contribution in [-0.4, -0.2) is 16.8 Å². The van der Waals surface area contributed by atoms with Crippen LogP contribution in [0.2, 0.25) is 0 Å². The lowest BCUT2D eigenvalue weighted by molar-refractivity contribution is 0.248. The molecule has 0 atom stereocenters. The van der Waals surface area contributed by atoms with Crippen molar-refractivity contribution in [3.63, 3.8) is 0 Å². The molecule has 1 saturated carbocycles. The molecule has 1 aromatic carbocycles. The van der Waals surface area contributed by atoms with Gasteiger partial charge in [0.2, 0.25) is 5.88 Å². The fraction of sp³-hybridized carbons (Fsp3) is 0.655. The molecule has 1 aliphatic rings. The third-order valence-corrected chi connectivity index (χ3v) is 7.16. The molecule has 3 nitrogen and oxygen atoms in total. The van der Waals surface area contributed by atoms with E-state index in [1.807, 2.05) is 12.1 Å². The van der Waals surface area contributed by atoms with E-state index in [9.17, 15) is 0 Å². The fourth-order valence-electron chi connectivity index (χ4n) is 4.93. The number of benzene rings is 1. The molecular formula is C29H44N2O. The Morgan fingerprint density at radius 3 is 2.06 bits per heavy atom. The summed E-state index contributed by atoms with van der Waals surface area (Å²) >= 11 is 0. The summed E-state index contributed by atoms with van der Waals surface area (Å²) in [4.78, 5) is 0. The third kappa shape index (κ3) is 8.56. The maximum atomic E-state index is 5.61. The molecule has 1 aromatic heterocycles. The van der Waals surface area contributed by atoms with Gasteiger partial charge in [0.15, 0.2) is 0 Å². The molecule has 3 heteroatoms. The van der Waals surface area contributed by atoms with Crippen molar-refractivity contribution in [3.05, 3.63) is 42.0 Å². The van der Waals surface area contributed by atoms with E-state index in [-0.39, 0.29) is 0 Å². The van der Waals surface area contributed by atoms with Gasteiger partial charge in [-0.2, -0.15) is 0 Å². The third-order valence-electron chi connectivity index (χ3n) is 7.16. The second-order valence-corrected chi connectivity index (χ2v) is 9.78. The van der Waals surface area contributed by atoms with Crippen LogP contribution in [0.25, 0.3) is 11.3 Å². The largest absolute Gasteiger partial charge is 0.477 e. The van der Waals surface area contributed by atoms with Gasteiger partial charge in [-0.05, 0) is 42.7 Å². The van der Waals surface area contributed by atoms with E-state index in [0.717, 1.165) is 35.9 Å². The number of hydrogen-bond acceptors (Lipinski definition) is 3. The number of hydrogen-bond donors (Lipinski definition) is 0. The van der Waals surface area contributed by atoms with Crippen LogP contribution in [-0.2, 0) is 6.42 Å². The molecule has 0 N–H and O–H groups in total. The van der Waals surface area contributed by atoms with Crippen LogP contribution in [0.5, 0.6) is 5.88 Å². The van der Waals surface area contributed by atoms with E-state index in [1.165, 1.54) is 82.6 Å². The molecule has 1 aliphatic carbocycles. The van der Waals surface area contributed by atoms with Crippen LogP contribution in [0, 0.1) is 11.8 Å². The number of nitrogens with zero attached hydrogens (tertiary/aromatic N) is 2. The molecule has 0 aliphatic heterocycles. The van der Waals surface area contributed by atoms with Gasteiger partial charge in [-0.1, -0.05) is 109 Å². The first-order chi connectivity index (χ1) is 15.8. The fourth-order valence-corrected chi connectivity index (χ4v) is 4.93. The molecule has 1 heterocycles. The topological polar surface area (TPSA) is 35.0 Å². The molecule has 0 amide bonds. The average Bonchev–Trinajstić information content (AvgIpc) is 2.84. The van der Waals surface area contributed by atoms with Crippen molar-refractivity contribution >= 4 is 0 Å². The highest BCUT2D eigenvalue weighted by Crippen LogP contribution is 2.34. The van der Waals surface area contributed by atoms with Crippen molar-refractivity contribution in [1.82, 2.24) is 10.2 Å². The highest BCUT2D eigenvalue weighted by atomic mass is 16.5. The van der Waals surface area contributed by atoms with Gasteiger partial charge in [0, 0.05) is 11.6 Å². The summed E-state index contributed by atoms with van der Waals surface area (Å²) in [5.41, 5.74) is 3.48. The van der Waals surface area contributed by atoms with Crippen molar-refractivity contribution in [2.45, 2.75) is 104 Å². The molecule has 0 bridgehead atoms. The lowest BCUT2D eigenvalue weighted by Crippen LogP contribution is -2.15. The zero-order valence-electron chi connectivity index (χ0n) is 20.5. The predicted molar refractivity (Wildman–Crippen MR) is 135 cm³/mol. The Labute approximate surface area is 196 Å². The summed E-state index contributed by atoms with van der Waals surface area (Å²) in [6, 6.07) is 12.8. The van der Waals surface area contributed by atoms with Gasteiger partial charge >= 0.3 is 0 Å². The SMILES string of the molecule is CCCCCCCC1CCC(CCc2ccc(-c3ccc(OCCCC)nn3)cc2)CC1. The predicted octanol–water partition coefficient (Wildman–Crippen LogP) is 8.42. The number of aromatic nitrogens is 2. The smallest absolute Gasteiger partial charge is 0.233 e. The number of unbranched alkanes of at least 4 members (excludes halogenated alkanes) is 5. The lowest BCUT2D eigenvalue weighted by atomic mass is 9.77. The van der Waals surface area contributed by atoms with Crippen molar-refractivity contribution in [1.29, 1.82) is 0 Å². The standard InChI is InChI=1S/C29H44N2O/c1-3-5-7-8-9-10-24-11-13-25(14-12-24)15-16-26-17-19-27(20-18-26)28-21-22-29(31-30-28)32-23-6-4-2/h17-22,24-25H,3-16,23H2,1-2H3. The van der Waals surface area contributed by atoms with Crippen LogP contribution < -0.4 is 4.74 Å². The molecular weight excluding hydrogens is 392 g/mol. The number of ether oxygens (including phenoxy) is 1. The monoisotopic (exact) mass is 436 g/mol. The summed E-state index contributed by atoms with van der Waals surface area (Å²) in [5.74, 6) is 2.55. The normalized spacial score (nSPS) is 18.6. The van der Waals surface area contributed by atoms with E-state index in [4.69, 9.17) is 4.74 Å². The summed E-state index contributed by atoms with van der Waals surface area (Å²) in [5, 5.41) is 8.56. The van der Waals surface area contributed by atoms with Crippen LogP contribution in [0.4, 0.5) is 0 Å². The Balaban J connectivity index is 1.35. The second kappa shape index (κ2) is 14.3. The molecule has 0 saturated heterocycles. The van der Waals surface area contributed by atoms with Gasteiger partial charge < -0.3 is 4.74 Å². The molecule has 0 unspecified atom stereocenters. The van der Waals surface area contributed by atoms with Gasteiger partial charge in [0.1, 0.15) is 0 Å². The molecule has 0 radical (unpaired) electrons. The van der Waals surface area contributed by atoms with E-state index in [2.05, 4.69) is 48.3 Å². The Hall–Kier alpha value is -1.90. The summed E-state index contributed by atoms with van der Waals surface area (Å²) < 4.78 is 5.61. The van der Waals surface area contributed by atoms with Gasteiger partial charge in [-0.3, -0.25) is 0 Å². The second-order valence-electron chi connectivity index (χ2n) is 9.78. The zero-order chi connectivity index (χ0) is 22.4. The first kappa shape index (κ1) is 24.7. The van der Waals surface area contributed by atoms with Gasteiger partial charge in [0.05, 0.1) is 12.3 Å². The molecule has 1 fully saturated rings. The van der Waals surface area contributed by atoms with Crippen LogP contribution >= 0.6 is 0 Å². The highest BCUT2D eigenvalue weighted by molar-refractivity contribution is 5.59. The lowest BCUT2D eigenvalue weighted by Gasteiger charge is -2.28. The number of rotatable bonds is 14. The van der Waals surface area contributed by atoms with Crippen LogP contribution in [0.1, 0.15) is 103 Å². The minimum Gasteiger partial charge on any atom is -0.477 e. The highest BCUT2D eigenvalue weighted by Gasteiger charge is 2.20. The van der Waals surface area contributed by atoms with Crippen molar-refractivity contribution < 1.29 is 4.74 Å². The van der Waals surface area contributed by atoms with Gasteiger partial charge in [0.25, 0.3) is 0 Å². The van der Waals surface area contributed by atoms with Crippen molar-refractivity contribution in [2.75, 3.05) is 6.61 Å². The zero-order valence-corrected chi connectivity index (χ0v) is 20.5. The Morgan fingerprint density at radius 2 is 1.41 bits per heavy atom. The Bertz CT molecular complexity index is 733. The average molecular weight is 437 g/mol. The molecule has 32 heavy (non-hydrogen) atoms. The van der Waals surface area contributed by atoms with Crippen LogP contribution in [0.15, 0.2) is 36.4 Å².